The average molecular weight is 267 g/mol. The van der Waals surface area contributed by atoms with E-state index < -0.39 is 23.5 Å². The largest absolute Gasteiger partial charge is 0.492 e. The highest BCUT2D eigenvalue weighted by Gasteiger charge is 2.16. The number of nitrogens with two attached hydrogens (primary N) is 1. The Kier molecular flexibility index (Phi) is 4.06. The van der Waals surface area contributed by atoms with Crippen molar-refractivity contribution in [3.05, 3.63) is 65.5 Å². The molecule has 0 aromatic heterocycles. The molecule has 0 aliphatic rings. The molecular weight excluding hydrogens is 255 g/mol. The summed E-state index contributed by atoms with van der Waals surface area (Å²) in [6.07, 6.45) is 0. The van der Waals surface area contributed by atoms with Gasteiger partial charge in [0.15, 0.2) is 0 Å². The van der Waals surface area contributed by atoms with Gasteiger partial charge in [-0.2, -0.15) is 0 Å². The molecule has 0 bridgehead atoms. The van der Waals surface area contributed by atoms with Crippen molar-refractivity contribution in [3.8, 4) is 5.75 Å². The van der Waals surface area contributed by atoms with Gasteiger partial charge in [-0.05, 0) is 36.4 Å². The van der Waals surface area contributed by atoms with Gasteiger partial charge < -0.3 is 10.5 Å². The number of rotatable bonds is 4. The fraction of sp³-hybridized carbons (Fsp3) is 0.143. The van der Waals surface area contributed by atoms with E-state index >= 15 is 0 Å². The average Bonchev–Trinajstić information content (AvgIpc) is 2.38. The van der Waals surface area contributed by atoms with Crippen LogP contribution in [0.2, 0.25) is 0 Å². The predicted molar refractivity (Wildman–Crippen MR) is 65.2 cm³/mol. The van der Waals surface area contributed by atoms with E-state index in [9.17, 15) is 13.2 Å². The molecule has 5 heteroatoms. The van der Waals surface area contributed by atoms with Gasteiger partial charge >= 0.3 is 0 Å². The number of halogens is 3. The SMILES string of the molecule is NC(COc1ccc(F)cc1)c1c(F)cccc1F. The third kappa shape index (κ3) is 3.26. The van der Waals surface area contributed by atoms with Crippen LogP contribution in [-0.2, 0) is 0 Å². The van der Waals surface area contributed by atoms with Crippen LogP contribution in [0.4, 0.5) is 13.2 Å². The number of ether oxygens (including phenoxy) is 1. The molecule has 1 atom stereocenters. The Morgan fingerprint density at radius 1 is 0.947 bits per heavy atom. The summed E-state index contributed by atoms with van der Waals surface area (Å²) < 4.78 is 44.8. The quantitative estimate of drug-likeness (QED) is 0.923. The van der Waals surface area contributed by atoms with E-state index in [1.165, 1.54) is 30.3 Å². The van der Waals surface area contributed by atoms with Crippen LogP contribution in [0.15, 0.2) is 42.5 Å². The molecule has 1 unspecified atom stereocenters. The van der Waals surface area contributed by atoms with E-state index in [-0.39, 0.29) is 12.2 Å². The number of hydrogen-bond acceptors (Lipinski definition) is 2. The van der Waals surface area contributed by atoms with Crippen molar-refractivity contribution in [2.75, 3.05) is 6.61 Å². The Bertz CT molecular complexity index is 537. The van der Waals surface area contributed by atoms with Gasteiger partial charge in [0.05, 0.1) is 6.04 Å². The zero-order valence-corrected chi connectivity index (χ0v) is 9.95. The minimum atomic E-state index is -0.939. The molecule has 19 heavy (non-hydrogen) atoms. The molecule has 0 fully saturated rings. The summed E-state index contributed by atoms with van der Waals surface area (Å²) in [5.41, 5.74) is 5.48. The van der Waals surface area contributed by atoms with Crippen LogP contribution in [0.25, 0.3) is 0 Å². The van der Waals surface area contributed by atoms with Gasteiger partial charge in [-0.25, -0.2) is 13.2 Å². The molecule has 2 aromatic carbocycles. The van der Waals surface area contributed by atoms with Crippen LogP contribution in [0.5, 0.6) is 5.75 Å². The molecule has 100 valence electrons. The molecule has 0 amide bonds. The van der Waals surface area contributed by atoms with Crippen LogP contribution in [0, 0.1) is 17.5 Å². The minimum Gasteiger partial charge on any atom is -0.492 e. The van der Waals surface area contributed by atoms with Gasteiger partial charge in [-0.3, -0.25) is 0 Å². The second-order valence-corrected chi connectivity index (χ2v) is 4.01. The van der Waals surface area contributed by atoms with E-state index in [1.807, 2.05) is 0 Å². The molecule has 0 heterocycles. The first-order valence-corrected chi connectivity index (χ1v) is 5.66. The lowest BCUT2D eigenvalue weighted by molar-refractivity contribution is 0.284. The Morgan fingerprint density at radius 2 is 1.53 bits per heavy atom. The Labute approximate surface area is 108 Å². The first kappa shape index (κ1) is 13.4. The van der Waals surface area contributed by atoms with E-state index in [2.05, 4.69) is 0 Å². The van der Waals surface area contributed by atoms with Crippen molar-refractivity contribution in [1.29, 1.82) is 0 Å². The van der Waals surface area contributed by atoms with Crippen molar-refractivity contribution in [3.63, 3.8) is 0 Å². The highest BCUT2D eigenvalue weighted by Crippen LogP contribution is 2.20. The molecule has 2 N–H and O–H groups in total. The van der Waals surface area contributed by atoms with Crippen LogP contribution < -0.4 is 10.5 Å². The summed E-state index contributed by atoms with van der Waals surface area (Å²) in [6.45, 7) is -0.108. The minimum absolute atomic E-state index is 0.108. The fourth-order valence-electron chi connectivity index (χ4n) is 1.67. The maximum Gasteiger partial charge on any atom is 0.131 e. The zero-order chi connectivity index (χ0) is 13.8. The molecule has 0 spiro atoms. The van der Waals surface area contributed by atoms with Crippen LogP contribution >= 0.6 is 0 Å². The van der Waals surface area contributed by atoms with Gasteiger partial charge in [0.1, 0.15) is 29.8 Å². The van der Waals surface area contributed by atoms with Crippen LogP contribution in [-0.4, -0.2) is 6.61 Å². The Balaban J connectivity index is 2.05. The van der Waals surface area contributed by atoms with E-state index in [0.717, 1.165) is 12.1 Å². The van der Waals surface area contributed by atoms with Crippen molar-refractivity contribution < 1.29 is 17.9 Å². The van der Waals surface area contributed by atoms with Gasteiger partial charge in [-0.1, -0.05) is 6.07 Å². The fourth-order valence-corrected chi connectivity index (χ4v) is 1.67. The first-order chi connectivity index (χ1) is 9.08. The van der Waals surface area contributed by atoms with Gasteiger partial charge in [0, 0.05) is 5.56 Å². The van der Waals surface area contributed by atoms with Crippen molar-refractivity contribution >= 4 is 0 Å². The zero-order valence-electron chi connectivity index (χ0n) is 9.95. The monoisotopic (exact) mass is 267 g/mol. The summed E-state index contributed by atoms with van der Waals surface area (Å²) in [4.78, 5) is 0. The summed E-state index contributed by atoms with van der Waals surface area (Å²) in [6, 6.07) is 7.88. The molecule has 0 aliphatic heterocycles. The molecule has 2 aromatic rings. The molecule has 0 radical (unpaired) electrons. The Morgan fingerprint density at radius 3 is 2.11 bits per heavy atom. The summed E-state index contributed by atoms with van der Waals surface area (Å²) in [7, 11) is 0. The molecule has 0 saturated carbocycles. The first-order valence-electron chi connectivity index (χ1n) is 5.66. The smallest absolute Gasteiger partial charge is 0.131 e. The maximum absolute atomic E-state index is 13.5. The number of hydrogen-bond donors (Lipinski definition) is 1. The maximum atomic E-state index is 13.5. The third-order valence-electron chi connectivity index (χ3n) is 2.61. The molecule has 2 nitrogen and oxygen atoms in total. The van der Waals surface area contributed by atoms with Crippen molar-refractivity contribution in [1.82, 2.24) is 0 Å². The van der Waals surface area contributed by atoms with E-state index in [4.69, 9.17) is 10.5 Å². The summed E-state index contributed by atoms with van der Waals surface area (Å²) in [5, 5.41) is 0. The van der Waals surface area contributed by atoms with Crippen LogP contribution in [0.3, 0.4) is 0 Å². The van der Waals surface area contributed by atoms with E-state index in [1.54, 1.807) is 0 Å². The molecule has 2 rings (SSSR count). The highest BCUT2D eigenvalue weighted by atomic mass is 19.1. The van der Waals surface area contributed by atoms with Crippen LogP contribution in [0.1, 0.15) is 11.6 Å². The molecule has 0 saturated heterocycles. The standard InChI is InChI=1S/C14H12F3NO/c15-9-4-6-10(7-5-9)19-8-13(18)14-11(16)2-1-3-12(14)17/h1-7,13H,8,18H2. The van der Waals surface area contributed by atoms with Crippen molar-refractivity contribution in [2.45, 2.75) is 6.04 Å². The highest BCUT2D eigenvalue weighted by molar-refractivity contribution is 5.25. The molecule has 0 aliphatic carbocycles. The predicted octanol–water partition coefficient (Wildman–Crippen LogP) is 3.18. The lowest BCUT2D eigenvalue weighted by atomic mass is 10.1. The second kappa shape index (κ2) is 5.75. The van der Waals surface area contributed by atoms with Gasteiger partial charge in [0.25, 0.3) is 0 Å². The lowest BCUT2D eigenvalue weighted by Gasteiger charge is -2.15. The van der Waals surface area contributed by atoms with Gasteiger partial charge in [-0.15, -0.1) is 0 Å². The topological polar surface area (TPSA) is 35.2 Å². The summed E-state index contributed by atoms with van der Waals surface area (Å²) in [5.74, 6) is -1.43. The lowest BCUT2D eigenvalue weighted by Crippen LogP contribution is -2.21. The summed E-state index contributed by atoms with van der Waals surface area (Å²) >= 11 is 0. The second-order valence-electron chi connectivity index (χ2n) is 4.01. The Hall–Kier alpha value is -2.01. The van der Waals surface area contributed by atoms with E-state index in [0.29, 0.717) is 5.75 Å². The molecular formula is C14H12F3NO. The van der Waals surface area contributed by atoms with Gasteiger partial charge in [0.2, 0.25) is 0 Å². The normalized spacial score (nSPS) is 12.2. The number of benzene rings is 2. The van der Waals surface area contributed by atoms with Crippen molar-refractivity contribution in [2.24, 2.45) is 5.73 Å². The third-order valence-corrected chi connectivity index (χ3v) is 2.61.